The topological polar surface area (TPSA) is 82.9 Å². The van der Waals surface area contributed by atoms with Crippen LogP contribution in [0, 0.1) is 6.92 Å². The van der Waals surface area contributed by atoms with Crippen molar-refractivity contribution in [3.8, 4) is 11.5 Å². The van der Waals surface area contributed by atoms with Crippen molar-refractivity contribution < 1.29 is 19.7 Å². The van der Waals surface area contributed by atoms with Crippen LogP contribution >= 0.6 is 0 Å². The van der Waals surface area contributed by atoms with Crippen LogP contribution in [0.3, 0.4) is 0 Å². The zero-order valence-electron chi connectivity index (χ0n) is 13.5. The molecule has 2 aromatic rings. The maximum Gasteiger partial charge on any atom is 0.276 e. The van der Waals surface area contributed by atoms with Gasteiger partial charge in [-0.1, -0.05) is 18.2 Å². The second kappa shape index (κ2) is 6.49. The Kier molecular flexibility index (Phi) is 4.40. The molecule has 0 saturated carbocycles. The SMILES string of the molecule is Cc1ccccc1OCC1(O)CCN(C(=O)c2ncccc2O)C1. The summed E-state index contributed by atoms with van der Waals surface area (Å²) in [5.41, 5.74) is -0.116. The van der Waals surface area contributed by atoms with E-state index < -0.39 is 5.60 Å². The van der Waals surface area contributed by atoms with Crippen molar-refractivity contribution in [3.05, 3.63) is 53.9 Å². The van der Waals surface area contributed by atoms with Crippen molar-refractivity contribution in [1.82, 2.24) is 9.88 Å². The van der Waals surface area contributed by atoms with Crippen molar-refractivity contribution >= 4 is 5.91 Å². The Bertz CT molecular complexity index is 749. The highest BCUT2D eigenvalue weighted by Gasteiger charge is 2.40. The van der Waals surface area contributed by atoms with Gasteiger partial charge in [0, 0.05) is 12.7 Å². The first-order valence-corrected chi connectivity index (χ1v) is 7.83. The van der Waals surface area contributed by atoms with E-state index >= 15 is 0 Å². The second-order valence-corrected chi connectivity index (χ2v) is 6.13. The molecule has 1 amide bonds. The number of hydrogen-bond acceptors (Lipinski definition) is 5. The number of β-amino-alcohol motifs (C(OH)–C–C–N with tert-alkyl or cyclic N) is 1. The quantitative estimate of drug-likeness (QED) is 0.893. The van der Waals surface area contributed by atoms with Crippen LogP contribution in [0.15, 0.2) is 42.6 Å². The molecular formula is C18H20N2O4. The Morgan fingerprint density at radius 2 is 2.12 bits per heavy atom. The second-order valence-electron chi connectivity index (χ2n) is 6.13. The van der Waals surface area contributed by atoms with Gasteiger partial charge in [-0.2, -0.15) is 0 Å². The number of aryl methyl sites for hydroxylation is 1. The summed E-state index contributed by atoms with van der Waals surface area (Å²) in [5, 5.41) is 20.4. The highest BCUT2D eigenvalue weighted by molar-refractivity contribution is 5.95. The number of rotatable bonds is 4. The monoisotopic (exact) mass is 328 g/mol. The molecule has 1 aromatic heterocycles. The summed E-state index contributed by atoms with van der Waals surface area (Å²) in [5.74, 6) is 0.173. The van der Waals surface area contributed by atoms with Crippen LogP contribution in [0.1, 0.15) is 22.5 Å². The molecule has 2 heterocycles. The first kappa shape index (κ1) is 16.3. The average molecular weight is 328 g/mol. The number of likely N-dealkylation sites (tertiary alicyclic amines) is 1. The number of carbonyl (C=O) groups excluding carboxylic acids is 1. The fourth-order valence-corrected chi connectivity index (χ4v) is 2.79. The smallest absolute Gasteiger partial charge is 0.276 e. The van der Waals surface area contributed by atoms with Gasteiger partial charge < -0.3 is 19.8 Å². The molecule has 1 fully saturated rings. The molecule has 2 N–H and O–H groups in total. The zero-order valence-corrected chi connectivity index (χ0v) is 13.5. The number of benzene rings is 1. The van der Waals surface area contributed by atoms with E-state index in [0.29, 0.717) is 13.0 Å². The van der Waals surface area contributed by atoms with Crippen molar-refractivity contribution in [2.45, 2.75) is 18.9 Å². The van der Waals surface area contributed by atoms with Gasteiger partial charge in [-0.15, -0.1) is 0 Å². The standard InChI is InChI=1S/C18H20N2O4/c1-13-5-2-3-7-15(13)24-12-18(23)8-10-20(11-18)17(22)16-14(21)6-4-9-19-16/h2-7,9,21,23H,8,10-12H2,1H3. The van der Waals surface area contributed by atoms with E-state index in [1.165, 1.54) is 17.2 Å². The molecule has 24 heavy (non-hydrogen) atoms. The number of pyridine rings is 1. The lowest BCUT2D eigenvalue weighted by atomic mass is 10.1. The lowest BCUT2D eigenvalue weighted by Crippen LogP contribution is -2.40. The summed E-state index contributed by atoms with van der Waals surface area (Å²) in [7, 11) is 0. The molecule has 0 radical (unpaired) electrons. The minimum absolute atomic E-state index is 0.00146. The van der Waals surface area contributed by atoms with Crippen LogP contribution in [0.2, 0.25) is 0 Å². The molecule has 6 heteroatoms. The van der Waals surface area contributed by atoms with Crippen molar-refractivity contribution in [2.75, 3.05) is 19.7 Å². The Balaban J connectivity index is 1.65. The van der Waals surface area contributed by atoms with E-state index in [9.17, 15) is 15.0 Å². The third-order valence-electron chi connectivity index (χ3n) is 4.20. The number of amides is 1. The number of aromatic nitrogens is 1. The van der Waals surface area contributed by atoms with Crippen LogP contribution in [-0.2, 0) is 0 Å². The highest BCUT2D eigenvalue weighted by atomic mass is 16.5. The van der Waals surface area contributed by atoms with Crippen molar-refractivity contribution in [1.29, 1.82) is 0 Å². The molecule has 1 aliphatic rings. The van der Waals surface area contributed by atoms with Crippen LogP contribution in [0.5, 0.6) is 11.5 Å². The lowest BCUT2D eigenvalue weighted by Gasteiger charge is -2.24. The van der Waals surface area contributed by atoms with E-state index in [-0.39, 0.29) is 30.5 Å². The lowest BCUT2D eigenvalue weighted by molar-refractivity contribution is 0.00403. The Morgan fingerprint density at radius 1 is 1.33 bits per heavy atom. The molecule has 0 spiro atoms. The molecule has 0 bridgehead atoms. The molecule has 1 aliphatic heterocycles. The third kappa shape index (κ3) is 3.33. The number of aliphatic hydroxyl groups is 1. The van der Waals surface area contributed by atoms with Crippen LogP contribution in [0.4, 0.5) is 0 Å². The predicted octanol–water partition coefficient (Wildman–Crippen LogP) is 1.75. The van der Waals surface area contributed by atoms with Crippen LogP contribution in [0.25, 0.3) is 0 Å². The summed E-state index contributed by atoms with van der Waals surface area (Å²) in [4.78, 5) is 17.8. The van der Waals surface area contributed by atoms with Gasteiger partial charge in [0.15, 0.2) is 5.69 Å². The molecule has 0 aliphatic carbocycles. The minimum Gasteiger partial charge on any atom is -0.505 e. The van der Waals surface area contributed by atoms with Gasteiger partial charge in [0.25, 0.3) is 5.91 Å². The number of carbonyl (C=O) groups is 1. The van der Waals surface area contributed by atoms with Gasteiger partial charge in [0.1, 0.15) is 23.7 Å². The van der Waals surface area contributed by atoms with E-state index in [2.05, 4.69) is 4.98 Å². The van der Waals surface area contributed by atoms with Gasteiger partial charge in [-0.05, 0) is 37.1 Å². The maximum atomic E-state index is 12.4. The minimum atomic E-state index is -1.11. The fraction of sp³-hybridized carbons (Fsp3) is 0.333. The van der Waals surface area contributed by atoms with Gasteiger partial charge in [-0.3, -0.25) is 4.79 Å². The Morgan fingerprint density at radius 3 is 2.88 bits per heavy atom. The van der Waals surface area contributed by atoms with Crippen molar-refractivity contribution in [2.24, 2.45) is 0 Å². The molecule has 1 aromatic carbocycles. The number of aromatic hydroxyl groups is 1. The van der Waals surface area contributed by atoms with Crippen LogP contribution < -0.4 is 4.74 Å². The largest absolute Gasteiger partial charge is 0.505 e. The predicted molar refractivity (Wildman–Crippen MR) is 88.0 cm³/mol. The maximum absolute atomic E-state index is 12.4. The normalized spacial score (nSPS) is 20.2. The zero-order chi connectivity index (χ0) is 17.2. The average Bonchev–Trinajstić information content (AvgIpc) is 2.97. The van der Waals surface area contributed by atoms with E-state index in [1.807, 2.05) is 31.2 Å². The fourth-order valence-electron chi connectivity index (χ4n) is 2.79. The summed E-state index contributed by atoms with van der Waals surface area (Å²) in [6.45, 7) is 2.58. The summed E-state index contributed by atoms with van der Waals surface area (Å²) in [6.07, 6.45) is 1.87. The van der Waals surface area contributed by atoms with Crippen molar-refractivity contribution in [3.63, 3.8) is 0 Å². The van der Waals surface area contributed by atoms with E-state index in [0.717, 1.165) is 11.3 Å². The number of para-hydroxylation sites is 1. The number of hydrogen-bond donors (Lipinski definition) is 2. The molecule has 1 unspecified atom stereocenters. The molecule has 1 atom stereocenters. The van der Waals surface area contributed by atoms with E-state index in [1.54, 1.807) is 6.07 Å². The summed E-state index contributed by atoms with van der Waals surface area (Å²) >= 11 is 0. The highest BCUT2D eigenvalue weighted by Crippen LogP contribution is 2.26. The van der Waals surface area contributed by atoms with E-state index in [4.69, 9.17) is 4.74 Å². The summed E-state index contributed by atoms with van der Waals surface area (Å²) < 4.78 is 5.73. The summed E-state index contributed by atoms with van der Waals surface area (Å²) in [6, 6.07) is 10.6. The van der Waals surface area contributed by atoms with Gasteiger partial charge in [-0.25, -0.2) is 4.98 Å². The molecule has 3 rings (SSSR count). The van der Waals surface area contributed by atoms with Gasteiger partial charge in [0.05, 0.1) is 6.54 Å². The molecule has 126 valence electrons. The number of ether oxygens (including phenoxy) is 1. The van der Waals surface area contributed by atoms with Crippen LogP contribution in [-0.4, -0.2) is 51.3 Å². The molecule has 6 nitrogen and oxygen atoms in total. The first-order valence-electron chi connectivity index (χ1n) is 7.83. The third-order valence-corrected chi connectivity index (χ3v) is 4.20. The molecule has 1 saturated heterocycles. The number of nitrogens with zero attached hydrogens (tertiary/aromatic N) is 2. The van der Waals surface area contributed by atoms with Gasteiger partial charge >= 0.3 is 0 Å². The Hall–Kier alpha value is -2.60. The molecular weight excluding hydrogens is 308 g/mol. The Labute approximate surface area is 140 Å². The van der Waals surface area contributed by atoms with Gasteiger partial charge in [0.2, 0.25) is 0 Å². The first-order chi connectivity index (χ1) is 11.5.